The lowest BCUT2D eigenvalue weighted by atomic mass is 10.1. The molecule has 2 aromatic carbocycles. The molecule has 0 saturated carbocycles. The summed E-state index contributed by atoms with van der Waals surface area (Å²) in [6, 6.07) is 20.6. The Morgan fingerprint density at radius 2 is 1.76 bits per heavy atom. The molecule has 0 aliphatic carbocycles. The molecule has 1 aromatic heterocycles. The monoisotopic (exact) mass is 392 g/mol. The topological polar surface area (TPSA) is 25.2 Å². The summed E-state index contributed by atoms with van der Waals surface area (Å²) in [5.41, 5.74) is 3.01. The Balaban J connectivity index is 1.72. The number of hydrogen-bond donors (Lipinski definition) is 0. The molecular weight excluding hydrogens is 363 g/mol. The second kappa shape index (κ2) is 10.6. The van der Waals surface area contributed by atoms with Crippen LogP contribution in [0.25, 0.3) is 0 Å². The Morgan fingerprint density at radius 1 is 0.966 bits per heavy atom. The van der Waals surface area contributed by atoms with Gasteiger partial charge < -0.3 is 9.47 Å². The molecular formula is C25H29FN2O. The fourth-order valence-electron chi connectivity index (χ4n) is 3.50. The number of halogens is 1. The highest BCUT2D eigenvalue weighted by Gasteiger charge is 2.16. The minimum atomic E-state index is -0.226. The standard InChI is InChI=1S/C25H29FN2O/c1-2-3-7-15-28(25(29)18-21-10-5-4-6-11-21)20-24-14-9-16-27(24)19-22-12-8-13-23(26)17-22/h4-6,8-14,16-17H,2-3,7,15,18-20H2,1H3. The molecule has 0 bridgehead atoms. The van der Waals surface area contributed by atoms with Crippen LogP contribution in [-0.4, -0.2) is 21.9 Å². The molecule has 0 spiro atoms. The van der Waals surface area contributed by atoms with Gasteiger partial charge in [0.1, 0.15) is 5.82 Å². The zero-order valence-electron chi connectivity index (χ0n) is 17.1. The van der Waals surface area contributed by atoms with E-state index in [0.29, 0.717) is 19.5 Å². The van der Waals surface area contributed by atoms with Gasteiger partial charge in [0.2, 0.25) is 5.91 Å². The van der Waals surface area contributed by atoms with Gasteiger partial charge >= 0.3 is 0 Å². The van der Waals surface area contributed by atoms with Crippen LogP contribution in [-0.2, 0) is 24.3 Å². The number of rotatable bonds is 10. The van der Waals surface area contributed by atoms with E-state index in [1.165, 1.54) is 6.07 Å². The molecule has 0 fully saturated rings. The molecule has 1 amide bonds. The van der Waals surface area contributed by atoms with Gasteiger partial charge in [0.25, 0.3) is 0 Å². The van der Waals surface area contributed by atoms with E-state index in [0.717, 1.165) is 42.6 Å². The van der Waals surface area contributed by atoms with Crippen LogP contribution >= 0.6 is 0 Å². The summed E-state index contributed by atoms with van der Waals surface area (Å²) in [5.74, 6) is -0.0822. The highest BCUT2D eigenvalue weighted by atomic mass is 19.1. The zero-order chi connectivity index (χ0) is 20.5. The van der Waals surface area contributed by atoms with Gasteiger partial charge in [0.15, 0.2) is 0 Å². The number of aromatic nitrogens is 1. The molecule has 4 heteroatoms. The quantitative estimate of drug-likeness (QED) is 0.422. The first-order valence-electron chi connectivity index (χ1n) is 10.4. The van der Waals surface area contributed by atoms with Crippen LogP contribution in [0.3, 0.4) is 0 Å². The van der Waals surface area contributed by atoms with Gasteiger partial charge in [-0.1, -0.05) is 62.2 Å². The molecule has 0 radical (unpaired) electrons. The maximum atomic E-state index is 13.5. The Hall–Kier alpha value is -2.88. The van der Waals surface area contributed by atoms with Crippen LogP contribution in [0.5, 0.6) is 0 Å². The normalized spacial score (nSPS) is 10.8. The molecule has 0 aliphatic rings. The van der Waals surface area contributed by atoms with Gasteiger partial charge in [0, 0.05) is 25.0 Å². The van der Waals surface area contributed by atoms with Gasteiger partial charge in [-0.15, -0.1) is 0 Å². The number of hydrogen-bond acceptors (Lipinski definition) is 1. The molecule has 0 atom stereocenters. The number of nitrogens with zero attached hydrogens (tertiary/aromatic N) is 2. The average molecular weight is 393 g/mol. The summed E-state index contributed by atoms with van der Waals surface area (Å²) in [4.78, 5) is 15.0. The largest absolute Gasteiger partial charge is 0.345 e. The molecule has 0 saturated heterocycles. The van der Waals surface area contributed by atoms with E-state index < -0.39 is 0 Å². The fraction of sp³-hybridized carbons (Fsp3) is 0.320. The van der Waals surface area contributed by atoms with Crippen molar-refractivity contribution in [1.82, 2.24) is 9.47 Å². The van der Waals surface area contributed by atoms with Gasteiger partial charge in [-0.2, -0.15) is 0 Å². The number of carbonyl (C=O) groups excluding carboxylic acids is 1. The predicted octanol–water partition coefficient (Wildman–Crippen LogP) is 5.44. The van der Waals surface area contributed by atoms with Crippen LogP contribution < -0.4 is 0 Å². The molecule has 29 heavy (non-hydrogen) atoms. The summed E-state index contributed by atoms with van der Waals surface area (Å²) in [6.45, 7) is 4.08. The predicted molar refractivity (Wildman–Crippen MR) is 115 cm³/mol. The lowest BCUT2D eigenvalue weighted by Gasteiger charge is -2.24. The summed E-state index contributed by atoms with van der Waals surface area (Å²) in [6.07, 6.45) is 5.64. The van der Waals surface area contributed by atoms with Gasteiger partial charge in [-0.05, 0) is 41.8 Å². The van der Waals surface area contributed by atoms with Crippen LogP contribution in [0.4, 0.5) is 4.39 Å². The fourth-order valence-corrected chi connectivity index (χ4v) is 3.50. The first-order valence-corrected chi connectivity index (χ1v) is 10.4. The van der Waals surface area contributed by atoms with E-state index in [9.17, 15) is 9.18 Å². The number of amides is 1. The molecule has 0 unspecified atom stereocenters. The number of carbonyl (C=O) groups is 1. The second-order valence-corrected chi connectivity index (χ2v) is 7.44. The van der Waals surface area contributed by atoms with Crippen molar-refractivity contribution in [3.63, 3.8) is 0 Å². The van der Waals surface area contributed by atoms with E-state index in [1.54, 1.807) is 12.1 Å². The van der Waals surface area contributed by atoms with Crippen molar-refractivity contribution < 1.29 is 9.18 Å². The molecule has 1 heterocycles. The first kappa shape index (κ1) is 20.8. The Labute approximate surface area is 172 Å². The summed E-state index contributed by atoms with van der Waals surface area (Å²) >= 11 is 0. The van der Waals surface area contributed by atoms with Gasteiger partial charge in [0.05, 0.1) is 13.0 Å². The van der Waals surface area contributed by atoms with Crippen molar-refractivity contribution in [1.29, 1.82) is 0 Å². The smallest absolute Gasteiger partial charge is 0.227 e. The van der Waals surface area contributed by atoms with Crippen molar-refractivity contribution in [2.75, 3.05) is 6.54 Å². The highest BCUT2D eigenvalue weighted by Crippen LogP contribution is 2.14. The van der Waals surface area contributed by atoms with Gasteiger partial charge in [-0.25, -0.2) is 4.39 Å². The maximum absolute atomic E-state index is 13.5. The average Bonchev–Trinajstić information content (AvgIpc) is 3.14. The molecule has 3 rings (SSSR count). The molecule has 152 valence electrons. The van der Waals surface area contributed by atoms with E-state index >= 15 is 0 Å². The van der Waals surface area contributed by atoms with E-state index in [1.807, 2.05) is 59.6 Å². The van der Waals surface area contributed by atoms with Crippen molar-refractivity contribution in [2.24, 2.45) is 0 Å². The lowest BCUT2D eigenvalue weighted by Crippen LogP contribution is -2.33. The van der Waals surface area contributed by atoms with Crippen molar-refractivity contribution in [2.45, 2.75) is 45.7 Å². The minimum Gasteiger partial charge on any atom is -0.345 e. The third kappa shape index (κ3) is 6.31. The molecule has 3 aromatic rings. The minimum absolute atomic E-state index is 0.144. The second-order valence-electron chi connectivity index (χ2n) is 7.44. The van der Waals surface area contributed by atoms with Crippen LogP contribution in [0.1, 0.15) is 43.0 Å². The van der Waals surface area contributed by atoms with E-state index in [4.69, 9.17) is 0 Å². The summed E-state index contributed by atoms with van der Waals surface area (Å²) in [5, 5.41) is 0. The molecule has 0 aliphatic heterocycles. The van der Waals surface area contributed by atoms with E-state index in [-0.39, 0.29) is 11.7 Å². The maximum Gasteiger partial charge on any atom is 0.227 e. The summed E-state index contributed by atoms with van der Waals surface area (Å²) in [7, 11) is 0. The zero-order valence-corrected chi connectivity index (χ0v) is 17.1. The van der Waals surface area contributed by atoms with Crippen LogP contribution in [0, 0.1) is 5.82 Å². The highest BCUT2D eigenvalue weighted by molar-refractivity contribution is 5.78. The van der Waals surface area contributed by atoms with Crippen molar-refractivity contribution >= 4 is 5.91 Å². The molecule has 3 nitrogen and oxygen atoms in total. The SMILES string of the molecule is CCCCCN(Cc1cccn1Cc1cccc(F)c1)C(=O)Cc1ccccc1. The summed E-state index contributed by atoms with van der Waals surface area (Å²) < 4.78 is 15.6. The third-order valence-electron chi connectivity index (χ3n) is 5.10. The Morgan fingerprint density at radius 3 is 2.52 bits per heavy atom. The van der Waals surface area contributed by atoms with Crippen LogP contribution in [0.2, 0.25) is 0 Å². The lowest BCUT2D eigenvalue weighted by molar-refractivity contribution is -0.131. The Bertz CT molecular complexity index is 904. The van der Waals surface area contributed by atoms with Crippen molar-refractivity contribution in [3.05, 3.63) is 95.6 Å². The van der Waals surface area contributed by atoms with Gasteiger partial charge in [-0.3, -0.25) is 4.79 Å². The number of unbranched alkanes of at least 4 members (excludes halogenated alkanes) is 2. The van der Waals surface area contributed by atoms with Crippen molar-refractivity contribution in [3.8, 4) is 0 Å². The van der Waals surface area contributed by atoms with E-state index in [2.05, 4.69) is 11.5 Å². The molecule has 0 N–H and O–H groups in total. The Kier molecular flexibility index (Phi) is 7.62. The first-order chi connectivity index (χ1) is 14.2. The van der Waals surface area contributed by atoms with Crippen LogP contribution in [0.15, 0.2) is 72.9 Å². The third-order valence-corrected chi connectivity index (χ3v) is 5.10. The number of benzene rings is 2.